The molecule has 1 aliphatic carbocycles. The number of methoxy groups -OCH3 is 1. The van der Waals surface area contributed by atoms with Gasteiger partial charge in [0, 0.05) is 28.9 Å². The Balaban J connectivity index is 1.55. The zero-order chi connectivity index (χ0) is 18.5. The number of hydrogen-bond acceptors (Lipinski definition) is 3. The summed E-state index contributed by atoms with van der Waals surface area (Å²) in [4.78, 5) is 16.7. The molecule has 0 unspecified atom stereocenters. The van der Waals surface area contributed by atoms with Crippen LogP contribution in [0.15, 0.2) is 42.6 Å². The number of ether oxygens (including phenoxy) is 1. The maximum atomic E-state index is 12.6. The standard InChI is InChI=1S/C21H25ClN2O2/c1-14(21(25)24-19-9-7-18(22)8-10-19)15-3-5-16(6-4-15)17-11-12-23-20(13-17)26-2/h7-16H,3-6H2,1-2H3,(H,24,25)/t14-,15-,16-/m0/s1. The van der Waals surface area contributed by atoms with E-state index in [9.17, 15) is 4.79 Å². The maximum Gasteiger partial charge on any atom is 0.227 e. The number of pyridine rings is 1. The molecule has 1 heterocycles. The molecular weight excluding hydrogens is 348 g/mol. The Morgan fingerprint density at radius 2 is 1.88 bits per heavy atom. The molecule has 0 spiro atoms. The summed E-state index contributed by atoms with van der Waals surface area (Å²) in [6, 6.07) is 11.3. The topological polar surface area (TPSA) is 51.2 Å². The minimum Gasteiger partial charge on any atom is -0.481 e. The van der Waals surface area contributed by atoms with Crippen molar-refractivity contribution in [2.45, 2.75) is 38.5 Å². The third-order valence-electron chi connectivity index (χ3n) is 5.44. The van der Waals surface area contributed by atoms with E-state index >= 15 is 0 Å². The third-order valence-corrected chi connectivity index (χ3v) is 5.70. The Hall–Kier alpha value is -2.07. The Kier molecular flexibility index (Phi) is 6.15. The Bertz CT molecular complexity index is 740. The van der Waals surface area contributed by atoms with E-state index in [4.69, 9.17) is 16.3 Å². The van der Waals surface area contributed by atoms with Crippen molar-refractivity contribution in [2.75, 3.05) is 12.4 Å². The van der Waals surface area contributed by atoms with Gasteiger partial charge in [0.25, 0.3) is 0 Å². The fourth-order valence-electron chi connectivity index (χ4n) is 3.75. The van der Waals surface area contributed by atoms with E-state index in [1.165, 1.54) is 5.56 Å². The van der Waals surface area contributed by atoms with Crippen LogP contribution in [0.2, 0.25) is 5.02 Å². The van der Waals surface area contributed by atoms with Crippen molar-refractivity contribution in [3.05, 3.63) is 53.2 Å². The van der Waals surface area contributed by atoms with Gasteiger partial charge in [-0.3, -0.25) is 4.79 Å². The highest BCUT2D eigenvalue weighted by Gasteiger charge is 2.29. The number of nitrogens with one attached hydrogen (secondary N) is 1. The molecule has 1 fully saturated rings. The number of carbonyl (C=O) groups excluding carboxylic acids is 1. The molecular formula is C21H25ClN2O2. The average molecular weight is 373 g/mol. The molecule has 3 rings (SSSR count). The van der Waals surface area contributed by atoms with Gasteiger partial charge in [0.15, 0.2) is 0 Å². The van der Waals surface area contributed by atoms with Gasteiger partial charge in [-0.25, -0.2) is 4.98 Å². The van der Waals surface area contributed by atoms with Crippen LogP contribution in [0.1, 0.15) is 44.1 Å². The maximum absolute atomic E-state index is 12.6. The highest BCUT2D eigenvalue weighted by Crippen LogP contribution is 2.39. The summed E-state index contributed by atoms with van der Waals surface area (Å²) < 4.78 is 5.23. The molecule has 1 saturated carbocycles. The summed E-state index contributed by atoms with van der Waals surface area (Å²) >= 11 is 5.89. The SMILES string of the molecule is COc1cc([C@H]2CC[C@H]([C@H](C)C(=O)Nc3ccc(Cl)cc3)CC2)ccn1. The van der Waals surface area contributed by atoms with Crippen LogP contribution < -0.4 is 10.1 Å². The van der Waals surface area contributed by atoms with Gasteiger partial charge in [0.05, 0.1) is 7.11 Å². The molecule has 0 bridgehead atoms. The van der Waals surface area contributed by atoms with E-state index in [1.807, 2.05) is 31.3 Å². The quantitative estimate of drug-likeness (QED) is 0.775. The molecule has 1 aromatic carbocycles. The number of carbonyl (C=O) groups is 1. The van der Waals surface area contributed by atoms with Gasteiger partial charge in [-0.15, -0.1) is 0 Å². The Labute approximate surface area is 159 Å². The van der Waals surface area contributed by atoms with Gasteiger partial charge in [0.1, 0.15) is 0 Å². The van der Waals surface area contributed by atoms with Gasteiger partial charge in [-0.1, -0.05) is 18.5 Å². The minimum atomic E-state index is -0.00129. The van der Waals surface area contributed by atoms with Crippen LogP contribution in [0, 0.1) is 11.8 Å². The van der Waals surface area contributed by atoms with Crippen molar-refractivity contribution in [3.8, 4) is 5.88 Å². The van der Waals surface area contributed by atoms with Gasteiger partial charge in [-0.05, 0) is 73.4 Å². The number of aromatic nitrogens is 1. The molecule has 5 heteroatoms. The Morgan fingerprint density at radius 3 is 2.54 bits per heavy atom. The molecule has 26 heavy (non-hydrogen) atoms. The molecule has 4 nitrogen and oxygen atoms in total. The first-order valence-electron chi connectivity index (χ1n) is 9.13. The molecule has 1 aromatic heterocycles. The number of hydrogen-bond donors (Lipinski definition) is 1. The van der Waals surface area contributed by atoms with Gasteiger partial charge >= 0.3 is 0 Å². The van der Waals surface area contributed by atoms with Crippen molar-refractivity contribution in [3.63, 3.8) is 0 Å². The van der Waals surface area contributed by atoms with Crippen molar-refractivity contribution < 1.29 is 9.53 Å². The number of rotatable bonds is 5. The number of halogens is 1. The third kappa shape index (κ3) is 4.55. The van der Waals surface area contributed by atoms with E-state index in [1.54, 1.807) is 19.2 Å². The zero-order valence-electron chi connectivity index (χ0n) is 15.2. The first kappa shape index (κ1) is 18.7. The molecule has 0 aliphatic heterocycles. The second kappa shape index (κ2) is 8.54. The molecule has 1 aliphatic rings. The fraction of sp³-hybridized carbons (Fsp3) is 0.429. The lowest BCUT2D eigenvalue weighted by Gasteiger charge is -2.32. The van der Waals surface area contributed by atoms with E-state index in [0.717, 1.165) is 31.4 Å². The van der Waals surface area contributed by atoms with Crippen LogP contribution in [0.5, 0.6) is 5.88 Å². The van der Waals surface area contributed by atoms with Crippen LogP contribution in [-0.2, 0) is 4.79 Å². The normalized spacial score (nSPS) is 21.0. The van der Waals surface area contributed by atoms with Crippen LogP contribution in [-0.4, -0.2) is 18.0 Å². The van der Waals surface area contributed by atoms with E-state index in [-0.39, 0.29) is 11.8 Å². The van der Waals surface area contributed by atoms with Gasteiger partial charge < -0.3 is 10.1 Å². The molecule has 1 N–H and O–H groups in total. The predicted molar refractivity (Wildman–Crippen MR) is 105 cm³/mol. The zero-order valence-corrected chi connectivity index (χ0v) is 16.0. The second-order valence-corrected chi connectivity index (χ2v) is 7.46. The smallest absolute Gasteiger partial charge is 0.227 e. The minimum absolute atomic E-state index is 0.00129. The fourth-order valence-corrected chi connectivity index (χ4v) is 3.87. The molecule has 0 radical (unpaired) electrons. The van der Waals surface area contributed by atoms with Crippen LogP contribution >= 0.6 is 11.6 Å². The number of benzene rings is 1. The first-order chi connectivity index (χ1) is 12.6. The largest absolute Gasteiger partial charge is 0.481 e. The highest BCUT2D eigenvalue weighted by atomic mass is 35.5. The van der Waals surface area contributed by atoms with Gasteiger partial charge in [-0.2, -0.15) is 0 Å². The van der Waals surface area contributed by atoms with E-state index in [0.29, 0.717) is 22.7 Å². The molecule has 0 saturated heterocycles. The summed E-state index contributed by atoms with van der Waals surface area (Å²) in [5.41, 5.74) is 2.08. The van der Waals surface area contributed by atoms with Crippen molar-refractivity contribution in [1.29, 1.82) is 0 Å². The van der Waals surface area contributed by atoms with Crippen molar-refractivity contribution in [2.24, 2.45) is 11.8 Å². The predicted octanol–water partition coefficient (Wildman–Crippen LogP) is 5.29. The number of nitrogens with zero attached hydrogens (tertiary/aromatic N) is 1. The molecule has 1 atom stereocenters. The van der Waals surface area contributed by atoms with E-state index in [2.05, 4.69) is 16.4 Å². The molecule has 138 valence electrons. The summed E-state index contributed by atoms with van der Waals surface area (Å²) in [5.74, 6) is 1.69. The lowest BCUT2D eigenvalue weighted by atomic mass is 9.74. The molecule has 1 amide bonds. The first-order valence-corrected chi connectivity index (χ1v) is 9.51. The lowest BCUT2D eigenvalue weighted by molar-refractivity contribution is -0.121. The summed E-state index contributed by atoms with van der Waals surface area (Å²) in [6.45, 7) is 2.03. The lowest BCUT2D eigenvalue weighted by Crippen LogP contribution is -2.29. The van der Waals surface area contributed by atoms with Crippen molar-refractivity contribution in [1.82, 2.24) is 4.98 Å². The molecule has 2 aromatic rings. The van der Waals surface area contributed by atoms with Crippen LogP contribution in [0.3, 0.4) is 0 Å². The van der Waals surface area contributed by atoms with Crippen LogP contribution in [0.25, 0.3) is 0 Å². The van der Waals surface area contributed by atoms with Crippen molar-refractivity contribution >= 4 is 23.2 Å². The monoisotopic (exact) mass is 372 g/mol. The highest BCUT2D eigenvalue weighted by molar-refractivity contribution is 6.30. The second-order valence-electron chi connectivity index (χ2n) is 7.03. The summed E-state index contributed by atoms with van der Waals surface area (Å²) in [7, 11) is 1.64. The summed E-state index contributed by atoms with van der Waals surface area (Å²) in [6.07, 6.45) is 6.12. The summed E-state index contributed by atoms with van der Waals surface area (Å²) in [5, 5.41) is 3.67. The van der Waals surface area contributed by atoms with Gasteiger partial charge in [0.2, 0.25) is 11.8 Å². The Morgan fingerprint density at radius 1 is 1.19 bits per heavy atom. The number of amides is 1. The van der Waals surface area contributed by atoms with Crippen LogP contribution in [0.4, 0.5) is 5.69 Å². The van der Waals surface area contributed by atoms with E-state index < -0.39 is 0 Å². The number of anilines is 1. The average Bonchev–Trinajstić information content (AvgIpc) is 2.69.